The van der Waals surface area contributed by atoms with Crippen molar-refractivity contribution in [3.05, 3.63) is 34.2 Å². The summed E-state index contributed by atoms with van der Waals surface area (Å²) < 4.78 is 0. The molecule has 0 unspecified atom stereocenters. The minimum Gasteiger partial charge on any atom is -0.276 e. The predicted octanol–water partition coefficient (Wildman–Crippen LogP) is 2.84. The Labute approximate surface area is 88.8 Å². The second-order valence-corrected chi connectivity index (χ2v) is 3.09. The van der Waals surface area contributed by atoms with Crippen molar-refractivity contribution >= 4 is 39.4 Å². The SMILES string of the molecule is O=Nc1cc(C(=O)Cl)cc(C(=O)Cl)c1. The molecule has 14 heavy (non-hydrogen) atoms. The molecule has 0 saturated carbocycles. The monoisotopic (exact) mass is 231 g/mol. The first-order valence-corrected chi connectivity index (χ1v) is 4.18. The summed E-state index contributed by atoms with van der Waals surface area (Å²) in [5.41, 5.74) is -0.0546. The number of rotatable bonds is 3. The van der Waals surface area contributed by atoms with Crippen molar-refractivity contribution in [2.75, 3.05) is 0 Å². The van der Waals surface area contributed by atoms with Gasteiger partial charge in [0.2, 0.25) is 0 Å². The quantitative estimate of drug-likeness (QED) is 0.594. The summed E-state index contributed by atoms with van der Waals surface area (Å²) in [5, 5.41) is 1.02. The van der Waals surface area contributed by atoms with Gasteiger partial charge in [-0.25, -0.2) is 0 Å². The van der Waals surface area contributed by atoms with E-state index in [1.807, 2.05) is 0 Å². The standard InChI is InChI=1S/C8H3Cl2NO3/c9-7(12)4-1-5(8(10)13)3-6(2-4)11-14/h1-3H. The summed E-state index contributed by atoms with van der Waals surface area (Å²) in [7, 11) is 0. The number of nitrogens with zero attached hydrogens (tertiary/aromatic N) is 1. The van der Waals surface area contributed by atoms with Gasteiger partial charge >= 0.3 is 0 Å². The van der Waals surface area contributed by atoms with Crippen LogP contribution in [0.15, 0.2) is 23.4 Å². The zero-order valence-corrected chi connectivity index (χ0v) is 8.17. The van der Waals surface area contributed by atoms with Crippen LogP contribution in [0.3, 0.4) is 0 Å². The van der Waals surface area contributed by atoms with Crippen molar-refractivity contribution in [3.8, 4) is 0 Å². The molecule has 0 fully saturated rings. The highest BCUT2D eigenvalue weighted by Crippen LogP contribution is 2.20. The van der Waals surface area contributed by atoms with Gasteiger partial charge in [-0.1, -0.05) is 0 Å². The van der Waals surface area contributed by atoms with Crippen molar-refractivity contribution < 1.29 is 9.59 Å². The van der Waals surface area contributed by atoms with Crippen LogP contribution < -0.4 is 0 Å². The highest BCUT2D eigenvalue weighted by Gasteiger charge is 2.10. The van der Waals surface area contributed by atoms with E-state index in [4.69, 9.17) is 23.2 Å². The van der Waals surface area contributed by atoms with Crippen LogP contribution in [0.1, 0.15) is 20.7 Å². The number of halogens is 2. The summed E-state index contributed by atoms with van der Waals surface area (Å²) in [6, 6.07) is 3.54. The molecular weight excluding hydrogens is 229 g/mol. The molecule has 0 bridgehead atoms. The van der Waals surface area contributed by atoms with E-state index in [-0.39, 0.29) is 16.8 Å². The molecule has 0 amide bonds. The second-order valence-electron chi connectivity index (χ2n) is 2.41. The molecule has 72 valence electrons. The lowest BCUT2D eigenvalue weighted by molar-refractivity contribution is 0.108. The van der Waals surface area contributed by atoms with E-state index >= 15 is 0 Å². The average molecular weight is 232 g/mol. The molecular formula is C8H3Cl2NO3. The van der Waals surface area contributed by atoms with E-state index in [2.05, 4.69) is 5.18 Å². The zero-order valence-electron chi connectivity index (χ0n) is 6.66. The Kier molecular flexibility index (Phi) is 3.33. The Morgan fingerprint density at radius 3 is 1.71 bits per heavy atom. The number of nitroso groups, excluding NO2 is 1. The fourth-order valence-electron chi connectivity index (χ4n) is 0.891. The second kappa shape index (κ2) is 4.30. The molecule has 1 rings (SSSR count). The Morgan fingerprint density at radius 1 is 1.00 bits per heavy atom. The first-order chi connectivity index (χ1) is 6.54. The van der Waals surface area contributed by atoms with Gasteiger partial charge in [-0.15, -0.1) is 4.91 Å². The van der Waals surface area contributed by atoms with E-state index in [0.29, 0.717) is 0 Å². The Balaban J connectivity index is 3.34. The molecule has 1 aromatic rings. The van der Waals surface area contributed by atoms with E-state index < -0.39 is 10.5 Å². The lowest BCUT2D eigenvalue weighted by Gasteiger charge is -1.98. The molecule has 0 aliphatic carbocycles. The third-order valence-corrected chi connectivity index (χ3v) is 1.91. The number of hydrogen-bond donors (Lipinski definition) is 0. The van der Waals surface area contributed by atoms with Crippen molar-refractivity contribution in [2.24, 2.45) is 5.18 Å². The topological polar surface area (TPSA) is 63.6 Å². The molecule has 6 heteroatoms. The third kappa shape index (κ3) is 2.37. The molecule has 0 aromatic heterocycles. The molecule has 0 radical (unpaired) electrons. The van der Waals surface area contributed by atoms with Gasteiger partial charge < -0.3 is 0 Å². The van der Waals surface area contributed by atoms with Crippen LogP contribution in [0, 0.1) is 4.91 Å². The summed E-state index contributed by atoms with van der Waals surface area (Å²) >= 11 is 10.3. The van der Waals surface area contributed by atoms with Crippen molar-refractivity contribution in [2.45, 2.75) is 0 Å². The Hall–Kier alpha value is -1.26. The maximum absolute atomic E-state index is 10.8. The molecule has 4 nitrogen and oxygen atoms in total. The van der Waals surface area contributed by atoms with Crippen LogP contribution in [0.4, 0.5) is 5.69 Å². The molecule has 0 atom stereocenters. The normalized spacial score (nSPS) is 9.57. The number of hydrogen-bond acceptors (Lipinski definition) is 4. The maximum Gasteiger partial charge on any atom is 0.252 e. The van der Waals surface area contributed by atoms with Crippen molar-refractivity contribution in [1.29, 1.82) is 0 Å². The molecule has 0 saturated heterocycles. The van der Waals surface area contributed by atoms with Gasteiger partial charge in [-0.3, -0.25) is 9.59 Å². The van der Waals surface area contributed by atoms with Crippen LogP contribution >= 0.6 is 23.2 Å². The third-order valence-electron chi connectivity index (χ3n) is 1.48. The highest BCUT2D eigenvalue weighted by atomic mass is 35.5. The van der Waals surface area contributed by atoms with Crippen LogP contribution in [0.25, 0.3) is 0 Å². The fourth-order valence-corrected chi connectivity index (χ4v) is 1.11. The summed E-state index contributed by atoms with van der Waals surface area (Å²) in [5.74, 6) is 0. The number of carbonyl (C=O) groups excluding carboxylic acids is 2. The lowest BCUT2D eigenvalue weighted by Crippen LogP contribution is -1.94. The van der Waals surface area contributed by atoms with Gasteiger partial charge in [0.25, 0.3) is 10.5 Å². The maximum atomic E-state index is 10.8. The first kappa shape index (κ1) is 10.8. The molecule has 0 N–H and O–H groups in total. The lowest BCUT2D eigenvalue weighted by atomic mass is 10.1. The number of benzene rings is 1. The average Bonchev–Trinajstić information content (AvgIpc) is 2.16. The van der Waals surface area contributed by atoms with Crippen molar-refractivity contribution in [3.63, 3.8) is 0 Å². The fraction of sp³-hybridized carbons (Fsp3) is 0. The molecule has 0 aliphatic heterocycles. The van der Waals surface area contributed by atoms with Gasteiger partial charge in [-0.05, 0) is 46.6 Å². The summed E-state index contributed by atoms with van der Waals surface area (Å²) in [6.07, 6.45) is 0. The van der Waals surface area contributed by atoms with E-state index in [1.165, 1.54) is 18.2 Å². The number of carbonyl (C=O) groups is 2. The molecule has 0 spiro atoms. The highest BCUT2D eigenvalue weighted by molar-refractivity contribution is 6.69. The van der Waals surface area contributed by atoms with Crippen LogP contribution in [-0.4, -0.2) is 10.5 Å². The Bertz CT molecular complexity index is 385. The smallest absolute Gasteiger partial charge is 0.252 e. The molecule has 1 aromatic carbocycles. The summed E-state index contributed by atoms with van der Waals surface area (Å²) in [4.78, 5) is 31.7. The minimum atomic E-state index is -0.783. The zero-order chi connectivity index (χ0) is 10.7. The van der Waals surface area contributed by atoms with E-state index in [9.17, 15) is 14.5 Å². The predicted molar refractivity (Wildman–Crippen MR) is 52.3 cm³/mol. The van der Waals surface area contributed by atoms with E-state index in [1.54, 1.807) is 0 Å². The van der Waals surface area contributed by atoms with Crippen molar-refractivity contribution in [1.82, 2.24) is 0 Å². The van der Waals surface area contributed by atoms with Gasteiger partial charge in [0.1, 0.15) is 5.69 Å². The van der Waals surface area contributed by atoms with Crippen LogP contribution in [-0.2, 0) is 0 Å². The first-order valence-electron chi connectivity index (χ1n) is 3.42. The molecule has 0 heterocycles. The molecule has 0 aliphatic rings. The van der Waals surface area contributed by atoms with Gasteiger partial charge in [0, 0.05) is 11.1 Å². The van der Waals surface area contributed by atoms with Crippen LogP contribution in [0.2, 0.25) is 0 Å². The Morgan fingerprint density at radius 2 is 1.43 bits per heavy atom. The van der Waals surface area contributed by atoms with Crippen LogP contribution in [0.5, 0.6) is 0 Å². The van der Waals surface area contributed by atoms with E-state index in [0.717, 1.165) is 0 Å². The summed E-state index contributed by atoms with van der Waals surface area (Å²) in [6.45, 7) is 0. The van der Waals surface area contributed by atoms with Gasteiger partial charge in [-0.2, -0.15) is 0 Å². The largest absolute Gasteiger partial charge is 0.276 e. The van der Waals surface area contributed by atoms with Gasteiger partial charge in [0.15, 0.2) is 0 Å². The minimum absolute atomic E-state index is 0.00719. The van der Waals surface area contributed by atoms with Gasteiger partial charge in [0.05, 0.1) is 0 Å².